The van der Waals surface area contributed by atoms with Crippen molar-refractivity contribution in [1.82, 2.24) is 0 Å². The van der Waals surface area contributed by atoms with Crippen LogP contribution in [-0.4, -0.2) is 24.4 Å². The Morgan fingerprint density at radius 3 is 1.65 bits per heavy atom. The van der Waals surface area contributed by atoms with Gasteiger partial charge < -0.3 is 9.30 Å². The monoisotopic (exact) mass is 383 g/mol. The average molecular weight is 384 g/mol. The lowest BCUT2D eigenvalue weighted by Gasteiger charge is -2.26. The predicted molar refractivity (Wildman–Crippen MR) is 116 cm³/mol. The summed E-state index contributed by atoms with van der Waals surface area (Å²) in [5, 5.41) is 0. The van der Waals surface area contributed by atoms with E-state index in [-0.39, 0.29) is 5.85 Å². The van der Waals surface area contributed by atoms with Crippen molar-refractivity contribution in [3.8, 4) is 0 Å². The third-order valence-electron chi connectivity index (χ3n) is 5.32. The molecule has 1 rings (SSSR count). The highest BCUT2D eigenvalue weighted by atomic mass is 31.2. The first-order chi connectivity index (χ1) is 12.7. The highest BCUT2D eigenvalue weighted by Gasteiger charge is 2.32. The van der Waals surface area contributed by atoms with Crippen molar-refractivity contribution in [1.29, 1.82) is 0 Å². The summed E-state index contributed by atoms with van der Waals surface area (Å²) < 4.78 is 19.3. The lowest BCUT2D eigenvalue weighted by atomic mass is 10.1. The fourth-order valence-corrected chi connectivity index (χ4v) is 6.44. The number of hydrogen-bond acceptors (Lipinski definition) is 3. The molecule has 0 aromatic carbocycles. The van der Waals surface area contributed by atoms with Crippen LogP contribution in [0.5, 0.6) is 0 Å². The van der Waals surface area contributed by atoms with Crippen LogP contribution in [0.1, 0.15) is 104 Å². The molecule has 1 aliphatic rings. The predicted octanol–water partition coefficient (Wildman–Crippen LogP) is 7.75. The molecule has 1 unspecified atom stereocenters. The fraction of sp³-hybridized carbons (Fsp3) is 0.864. The minimum absolute atomic E-state index is 0.285. The summed E-state index contributed by atoms with van der Waals surface area (Å²) >= 11 is 0. The van der Waals surface area contributed by atoms with Gasteiger partial charge in [0.05, 0.1) is 12.4 Å². The fourth-order valence-electron chi connectivity index (χ4n) is 3.58. The molecule has 0 saturated carbocycles. The van der Waals surface area contributed by atoms with Crippen LogP contribution in [0.4, 0.5) is 0 Å². The first-order valence-corrected chi connectivity index (χ1v) is 13.3. The average Bonchev–Trinajstić information content (AvgIpc) is 2.67. The van der Waals surface area contributed by atoms with Crippen LogP contribution in [0.3, 0.4) is 0 Å². The zero-order chi connectivity index (χ0) is 18.9. The Hall–Kier alpha value is -0.560. The third kappa shape index (κ3) is 10.6. The van der Waals surface area contributed by atoms with Gasteiger partial charge in [-0.2, -0.15) is 0 Å². The maximum Gasteiger partial charge on any atom is 0.185 e. The smallest absolute Gasteiger partial charge is 0.185 e. The minimum Gasteiger partial charge on any atom is -0.483 e. The molecule has 1 atom stereocenters. The normalized spacial score (nSPS) is 16.8. The van der Waals surface area contributed by atoms with E-state index in [0.29, 0.717) is 0 Å². The molecule has 1 aliphatic heterocycles. The second-order valence-corrected chi connectivity index (χ2v) is 11.1. The standard InChI is InChI=1S/C22H42NO2P/c1-3-5-7-9-11-13-15-19-26(24,22-21-23-17-18-25-22)20-16-14-12-10-8-6-4-2/h17-18,21-22H,3-16,19-20H2,1-2H3. The van der Waals surface area contributed by atoms with Crippen molar-refractivity contribution in [3.63, 3.8) is 0 Å². The molecule has 0 saturated heterocycles. The van der Waals surface area contributed by atoms with Gasteiger partial charge in [-0.3, -0.25) is 4.99 Å². The topological polar surface area (TPSA) is 38.7 Å². The lowest BCUT2D eigenvalue weighted by molar-refractivity contribution is 0.260. The summed E-state index contributed by atoms with van der Waals surface area (Å²) in [6.45, 7) is 4.50. The van der Waals surface area contributed by atoms with E-state index in [0.717, 1.165) is 25.2 Å². The first kappa shape index (κ1) is 23.5. The van der Waals surface area contributed by atoms with Crippen molar-refractivity contribution in [2.75, 3.05) is 12.3 Å². The minimum atomic E-state index is -2.34. The van der Waals surface area contributed by atoms with Crippen molar-refractivity contribution in [2.45, 2.75) is 110 Å². The van der Waals surface area contributed by atoms with Crippen molar-refractivity contribution < 1.29 is 9.30 Å². The summed E-state index contributed by atoms with van der Waals surface area (Å²) in [6.07, 6.45) is 24.3. The third-order valence-corrected chi connectivity index (χ3v) is 8.65. The number of unbranched alkanes of at least 4 members (excludes halogenated alkanes) is 12. The van der Waals surface area contributed by atoms with Gasteiger partial charge in [0, 0.05) is 12.3 Å². The first-order valence-electron chi connectivity index (χ1n) is 11.1. The molecule has 1 heterocycles. The Kier molecular flexibility index (Phi) is 14.0. The Labute approximate surface area is 162 Å². The van der Waals surface area contributed by atoms with E-state index in [1.807, 2.05) is 0 Å². The molecular formula is C22H42NO2P. The van der Waals surface area contributed by atoms with E-state index < -0.39 is 7.14 Å². The number of rotatable bonds is 17. The molecule has 152 valence electrons. The quantitative estimate of drug-likeness (QED) is 0.190. The highest BCUT2D eigenvalue weighted by Crippen LogP contribution is 2.52. The van der Waals surface area contributed by atoms with Gasteiger partial charge in [-0.15, -0.1) is 0 Å². The lowest BCUT2D eigenvalue weighted by Crippen LogP contribution is -2.18. The van der Waals surface area contributed by atoms with Gasteiger partial charge in [-0.05, 0) is 12.8 Å². The second-order valence-electron chi connectivity index (χ2n) is 7.75. The molecule has 0 radical (unpaired) electrons. The van der Waals surface area contributed by atoms with E-state index in [4.69, 9.17) is 4.74 Å². The maximum atomic E-state index is 13.6. The Morgan fingerprint density at radius 2 is 1.23 bits per heavy atom. The van der Waals surface area contributed by atoms with Gasteiger partial charge in [0.15, 0.2) is 5.85 Å². The molecule has 3 nitrogen and oxygen atoms in total. The molecule has 0 fully saturated rings. The van der Waals surface area contributed by atoms with Crippen LogP contribution in [0, 0.1) is 0 Å². The van der Waals surface area contributed by atoms with Crippen LogP contribution in [-0.2, 0) is 9.30 Å². The molecule has 0 aromatic heterocycles. The number of nitrogens with zero attached hydrogens (tertiary/aromatic N) is 1. The SMILES string of the molecule is CCCCCCCCCP(=O)(CCCCCCCCC)C1C=NC=CO1. The molecule has 0 bridgehead atoms. The largest absolute Gasteiger partial charge is 0.483 e. The number of aliphatic imine (C=N–C) groups is 1. The van der Waals surface area contributed by atoms with E-state index in [1.165, 1.54) is 77.0 Å². The van der Waals surface area contributed by atoms with Crippen molar-refractivity contribution >= 4 is 13.4 Å². The van der Waals surface area contributed by atoms with Gasteiger partial charge in [0.1, 0.15) is 13.4 Å². The molecule has 0 aliphatic carbocycles. The van der Waals surface area contributed by atoms with Crippen LogP contribution in [0.2, 0.25) is 0 Å². The van der Waals surface area contributed by atoms with Gasteiger partial charge in [0.2, 0.25) is 0 Å². The van der Waals surface area contributed by atoms with Gasteiger partial charge >= 0.3 is 0 Å². The van der Waals surface area contributed by atoms with Crippen LogP contribution >= 0.6 is 7.14 Å². The molecule has 4 heteroatoms. The second kappa shape index (κ2) is 15.5. The van der Waals surface area contributed by atoms with E-state index >= 15 is 0 Å². The molecule has 26 heavy (non-hydrogen) atoms. The van der Waals surface area contributed by atoms with E-state index in [9.17, 15) is 4.57 Å². The molecule has 0 aromatic rings. The molecule has 0 amide bonds. The molecule has 0 N–H and O–H groups in total. The summed E-state index contributed by atoms with van der Waals surface area (Å²) in [5.41, 5.74) is 0. The van der Waals surface area contributed by atoms with Crippen molar-refractivity contribution in [2.24, 2.45) is 4.99 Å². The summed E-state index contributed by atoms with van der Waals surface area (Å²) in [7, 11) is -2.34. The van der Waals surface area contributed by atoms with Crippen LogP contribution < -0.4 is 0 Å². The summed E-state index contributed by atoms with van der Waals surface area (Å²) in [4.78, 5) is 4.18. The molecular weight excluding hydrogens is 341 g/mol. The maximum absolute atomic E-state index is 13.6. The Morgan fingerprint density at radius 1 is 0.769 bits per heavy atom. The highest BCUT2D eigenvalue weighted by molar-refractivity contribution is 7.65. The molecule has 0 spiro atoms. The van der Waals surface area contributed by atoms with Gasteiger partial charge in [-0.25, -0.2) is 0 Å². The zero-order valence-corrected chi connectivity index (χ0v) is 18.2. The Balaban J connectivity index is 2.31. The number of ether oxygens (including phenoxy) is 1. The van der Waals surface area contributed by atoms with Gasteiger partial charge in [-0.1, -0.05) is 90.9 Å². The summed E-state index contributed by atoms with van der Waals surface area (Å²) in [5.74, 6) is -0.285. The van der Waals surface area contributed by atoms with E-state index in [1.54, 1.807) is 18.7 Å². The zero-order valence-electron chi connectivity index (χ0n) is 17.3. The summed E-state index contributed by atoms with van der Waals surface area (Å²) in [6, 6.07) is 0. The van der Waals surface area contributed by atoms with Crippen LogP contribution in [0.15, 0.2) is 17.5 Å². The van der Waals surface area contributed by atoms with E-state index in [2.05, 4.69) is 18.8 Å². The number of hydrogen-bond donors (Lipinski definition) is 0. The van der Waals surface area contributed by atoms with Gasteiger partial charge in [0.25, 0.3) is 0 Å². The van der Waals surface area contributed by atoms with Crippen molar-refractivity contribution in [3.05, 3.63) is 12.5 Å². The Bertz CT molecular complexity index is 412. The van der Waals surface area contributed by atoms with Crippen LogP contribution in [0.25, 0.3) is 0 Å².